The number of nitrogens with zero attached hydrogens (tertiary/aromatic N) is 3. The third-order valence-electron chi connectivity index (χ3n) is 6.35. The van der Waals surface area contributed by atoms with E-state index in [0.717, 1.165) is 40.3 Å². The Morgan fingerprint density at radius 2 is 1.66 bits per heavy atom. The molecule has 0 aliphatic carbocycles. The van der Waals surface area contributed by atoms with Crippen LogP contribution in [0.3, 0.4) is 0 Å². The largest absolute Gasteiger partial charge is 0.378 e. The van der Waals surface area contributed by atoms with Gasteiger partial charge < -0.3 is 9.64 Å². The van der Waals surface area contributed by atoms with Gasteiger partial charge in [0.2, 0.25) is 0 Å². The number of para-hydroxylation sites is 1. The zero-order valence-electron chi connectivity index (χ0n) is 19.5. The van der Waals surface area contributed by atoms with Gasteiger partial charge in [0, 0.05) is 18.7 Å². The average Bonchev–Trinajstić information content (AvgIpc) is 3.35. The van der Waals surface area contributed by atoms with Gasteiger partial charge in [-0.05, 0) is 48.4 Å². The number of morpholine rings is 1. The molecule has 1 fully saturated rings. The number of hydrogen-bond acceptors (Lipinski definition) is 5. The van der Waals surface area contributed by atoms with Gasteiger partial charge in [0.25, 0.3) is 5.56 Å². The summed E-state index contributed by atoms with van der Waals surface area (Å²) >= 11 is 1.69. The fourth-order valence-corrected chi connectivity index (χ4v) is 5.83. The lowest BCUT2D eigenvalue weighted by Gasteiger charge is -2.28. The van der Waals surface area contributed by atoms with Crippen molar-refractivity contribution in [1.29, 1.82) is 0 Å². The van der Waals surface area contributed by atoms with E-state index in [4.69, 9.17) is 9.72 Å². The highest BCUT2D eigenvalue weighted by atomic mass is 32.1. The summed E-state index contributed by atoms with van der Waals surface area (Å²) in [7, 11) is 0. The maximum Gasteiger partial charge on any atom is 0.266 e. The van der Waals surface area contributed by atoms with E-state index >= 15 is 0 Å². The number of rotatable bonds is 4. The Balaban J connectivity index is 1.62. The molecule has 3 heterocycles. The van der Waals surface area contributed by atoms with Crippen LogP contribution >= 0.6 is 11.3 Å². The summed E-state index contributed by atoms with van der Waals surface area (Å²) < 4.78 is 7.38. The van der Waals surface area contributed by atoms with Crippen molar-refractivity contribution in [2.24, 2.45) is 0 Å². The van der Waals surface area contributed by atoms with Crippen LogP contribution < -0.4 is 10.5 Å². The molecule has 5 nitrogen and oxygen atoms in total. The lowest BCUT2D eigenvalue weighted by molar-refractivity contribution is 0.123. The van der Waals surface area contributed by atoms with E-state index < -0.39 is 0 Å². The zero-order chi connectivity index (χ0) is 23.8. The maximum atomic E-state index is 13.8. The third kappa shape index (κ3) is 4.05. The SMILES string of the molecule is Cc1cccc(-n2c(-c3cc(-c4ccccc4)c(N4CCOCC4)s3)nc3ccccc3c2=O)c1. The molecule has 0 unspecified atom stereocenters. The van der Waals surface area contributed by atoms with Gasteiger partial charge in [-0.3, -0.25) is 9.36 Å². The first-order valence-electron chi connectivity index (χ1n) is 11.8. The molecule has 6 rings (SSSR count). The Kier molecular flexibility index (Phi) is 5.68. The molecule has 0 spiro atoms. The summed E-state index contributed by atoms with van der Waals surface area (Å²) in [6, 6.07) is 28.2. The molecule has 0 N–H and O–H groups in total. The first-order valence-corrected chi connectivity index (χ1v) is 12.6. The van der Waals surface area contributed by atoms with E-state index in [0.29, 0.717) is 29.9 Å². The van der Waals surface area contributed by atoms with Gasteiger partial charge >= 0.3 is 0 Å². The molecule has 0 radical (unpaired) electrons. The van der Waals surface area contributed by atoms with E-state index in [2.05, 4.69) is 35.2 Å². The topological polar surface area (TPSA) is 47.4 Å². The van der Waals surface area contributed by atoms with Gasteiger partial charge in [-0.25, -0.2) is 4.98 Å². The fourth-order valence-electron chi connectivity index (χ4n) is 4.62. The van der Waals surface area contributed by atoms with Crippen LogP contribution in [-0.2, 0) is 4.74 Å². The Morgan fingerprint density at radius 3 is 2.46 bits per heavy atom. The van der Waals surface area contributed by atoms with Crippen molar-refractivity contribution in [2.75, 3.05) is 31.2 Å². The minimum absolute atomic E-state index is 0.0567. The summed E-state index contributed by atoms with van der Waals surface area (Å²) in [4.78, 5) is 22.2. The number of hydrogen-bond donors (Lipinski definition) is 0. The number of benzene rings is 3. The van der Waals surface area contributed by atoms with Crippen LogP contribution in [0, 0.1) is 6.92 Å². The fraction of sp³-hybridized carbons (Fsp3) is 0.172. The summed E-state index contributed by atoms with van der Waals surface area (Å²) in [6.07, 6.45) is 0. The summed E-state index contributed by atoms with van der Waals surface area (Å²) in [6.45, 7) is 5.15. The second-order valence-corrected chi connectivity index (χ2v) is 9.76. The highest BCUT2D eigenvalue weighted by Crippen LogP contribution is 2.43. The Labute approximate surface area is 207 Å². The third-order valence-corrected chi connectivity index (χ3v) is 7.54. The molecule has 3 aromatic carbocycles. The summed E-state index contributed by atoms with van der Waals surface area (Å²) in [5.74, 6) is 0.668. The second kappa shape index (κ2) is 9.13. The highest BCUT2D eigenvalue weighted by Gasteiger charge is 2.23. The monoisotopic (exact) mass is 479 g/mol. The molecule has 1 aliphatic rings. The molecule has 35 heavy (non-hydrogen) atoms. The first-order chi connectivity index (χ1) is 17.2. The minimum atomic E-state index is -0.0567. The maximum absolute atomic E-state index is 13.8. The molecule has 6 heteroatoms. The summed E-state index contributed by atoms with van der Waals surface area (Å²) in [5.41, 5.74) is 4.88. The van der Waals surface area contributed by atoms with Gasteiger partial charge in [-0.15, -0.1) is 11.3 Å². The number of thiophene rings is 1. The molecule has 1 aliphatic heterocycles. The van der Waals surface area contributed by atoms with Crippen molar-refractivity contribution in [3.05, 3.63) is 101 Å². The molecule has 0 atom stereocenters. The predicted octanol–water partition coefficient (Wildman–Crippen LogP) is 5.93. The van der Waals surface area contributed by atoms with Crippen molar-refractivity contribution in [1.82, 2.24) is 9.55 Å². The number of fused-ring (bicyclic) bond motifs is 1. The van der Waals surface area contributed by atoms with Gasteiger partial charge in [-0.1, -0.05) is 54.6 Å². The molecule has 0 bridgehead atoms. The molecular weight excluding hydrogens is 454 g/mol. The van der Waals surface area contributed by atoms with E-state index in [-0.39, 0.29) is 5.56 Å². The van der Waals surface area contributed by atoms with Crippen molar-refractivity contribution >= 4 is 27.2 Å². The van der Waals surface area contributed by atoms with Crippen molar-refractivity contribution in [3.8, 4) is 27.5 Å². The standard InChI is InChI=1S/C29H25N3O2S/c1-20-8-7-11-22(18-20)32-27(30-25-13-6-5-12-23(25)28(32)33)26-19-24(21-9-3-2-4-10-21)29(35-26)31-14-16-34-17-15-31/h2-13,18-19H,14-17H2,1H3. The van der Waals surface area contributed by atoms with Crippen LogP contribution in [0.2, 0.25) is 0 Å². The number of ether oxygens (including phenoxy) is 1. The Bertz CT molecular complexity index is 1570. The van der Waals surface area contributed by atoms with Gasteiger partial charge in [-0.2, -0.15) is 0 Å². The Morgan fingerprint density at radius 1 is 0.886 bits per heavy atom. The van der Waals surface area contributed by atoms with E-state index in [9.17, 15) is 4.79 Å². The van der Waals surface area contributed by atoms with Crippen LogP contribution in [0.4, 0.5) is 5.00 Å². The first kappa shape index (κ1) is 21.8. The highest BCUT2D eigenvalue weighted by molar-refractivity contribution is 7.20. The predicted molar refractivity (Wildman–Crippen MR) is 144 cm³/mol. The van der Waals surface area contributed by atoms with Crippen LogP contribution in [0.5, 0.6) is 0 Å². The van der Waals surface area contributed by atoms with Crippen molar-refractivity contribution in [2.45, 2.75) is 6.92 Å². The molecule has 2 aromatic heterocycles. The molecule has 1 saturated heterocycles. The Hall–Kier alpha value is -3.74. The molecule has 5 aromatic rings. The van der Waals surface area contributed by atoms with Gasteiger partial charge in [0.15, 0.2) is 5.82 Å². The lowest BCUT2D eigenvalue weighted by Crippen LogP contribution is -2.35. The lowest BCUT2D eigenvalue weighted by atomic mass is 10.1. The smallest absolute Gasteiger partial charge is 0.266 e. The second-order valence-electron chi connectivity index (χ2n) is 8.73. The van der Waals surface area contributed by atoms with E-state index in [1.807, 2.05) is 61.5 Å². The number of aromatic nitrogens is 2. The molecule has 0 saturated carbocycles. The van der Waals surface area contributed by atoms with Crippen LogP contribution in [0.15, 0.2) is 89.7 Å². The number of anilines is 1. The van der Waals surface area contributed by atoms with Crippen LogP contribution in [0.25, 0.3) is 38.4 Å². The van der Waals surface area contributed by atoms with Crippen molar-refractivity contribution < 1.29 is 4.74 Å². The molecular formula is C29H25N3O2S. The quantitative estimate of drug-likeness (QED) is 0.321. The molecule has 0 amide bonds. The van der Waals surface area contributed by atoms with Crippen LogP contribution in [0.1, 0.15) is 5.56 Å². The number of aryl methyl sites for hydroxylation is 1. The average molecular weight is 480 g/mol. The zero-order valence-corrected chi connectivity index (χ0v) is 20.3. The van der Waals surface area contributed by atoms with E-state index in [1.165, 1.54) is 5.00 Å². The van der Waals surface area contributed by atoms with Gasteiger partial charge in [0.1, 0.15) is 0 Å². The van der Waals surface area contributed by atoms with Crippen LogP contribution in [-0.4, -0.2) is 35.9 Å². The van der Waals surface area contributed by atoms with Gasteiger partial charge in [0.05, 0.1) is 39.7 Å². The van der Waals surface area contributed by atoms with E-state index in [1.54, 1.807) is 15.9 Å². The minimum Gasteiger partial charge on any atom is -0.378 e. The van der Waals surface area contributed by atoms with Crippen molar-refractivity contribution in [3.63, 3.8) is 0 Å². The normalized spacial score (nSPS) is 13.9. The molecule has 174 valence electrons. The summed E-state index contributed by atoms with van der Waals surface area (Å²) in [5, 5.41) is 1.80.